The van der Waals surface area contributed by atoms with Crippen molar-refractivity contribution in [2.45, 2.75) is 6.92 Å². The van der Waals surface area contributed by atoms with Crippen LogP contribution in [0, 0.1) is 6.92 Å². The van der Waals surface area contributed by atoms with Crippen molar-refractivity contribution in [2.75, 3.05) is 0 Å². The van der Waals surface area contributed by atoms with Crippen LogP contribution in [0.15, 0.2) is 12.3 Å². The molecule has 0 saturated heterocycles. The number of rotatable bonds is 0. The van der Waals surface area contributed by atoms with Gasteiger partial charge in [0, 0.05) is 6.20 Å². The maximum absolute atomic E-state index is 3.99. The summed E-state index contributed by atoms with van der Waals surface area (Å²) in [5.41, 5.74) is 1.05. The molecule has 0 amide bonds. The van der Waals surface area contributed by atoms with Crippen molar-refractivity contribution in [2.24, 2.45) is 0 Å². The molecule has 1 atom stereocenters. The third-order valence-corrected chi connectivity index (χ3v) is 1.03. The highest BCUT2D eigenvalue weighted by Gasteiger charge is 1.82. The van der Waals surface area contributed by atoms with E-state index < -0.39 is 0 Å². The Kier molecular flexibility index (Phi) is 1.11. The van der Waals surface area contributed by atoms with E-state index in [0.29, 0.717) is 0 Å². The van der Waals surface area contributed by atoms with Gasteiger partial charge in [0.1, 0.15) is 0 Å². The Morgan fingerprint density at radius 3 is 2.71 bits per heavy atom. The normalized spacial score (nSPS) is 9.43. The van der Waals surface area contributed by atoms with Crippen molar-refractivity contribution in [3.8, 4) is 0 Å². The first-order valence-electron chi connectivity index (χ1n) is 2.06. The molecule has 7 heavy (non-hydrogen) atoms. The fourth-order valence-electron chi connectivity index (χ4n) is 0.433. The van der Waals surface area contributed by atoms with Gasteiger partial charge in [-0.2, -0.15) is 5.10 Å². The molecule has 2 nitrogen and oxygen atoms in total. The van der Waals surface area contributed by atoms with Gasteiger partial charge in [0.05, 0.1) is 5.69 Å². The van der Waals surface area contributed by atoms with Crippen LogP contribution in [-0.2, 0) is 0 Å². The average Bonchev–Trinajstić information content (AvgIpc) is 1.87. The zero-order valence-corrected chi connectivity index (χ0v) is 5.28. The van der Waals surface area contributed by atoms with Crippen molar-refractivity contribution >= 4 is 9.39 Å². The molecule has 38 valence electrons. The number of aromatic nitrogens is 2. The fraction of sp³-hybridized carbons (Fsp3) is 0.250. The molecule has 1 rings (SSSR count). The zero-order chi connectivity index (χ0) is 5.28. The highest BCUT2D eigenvalue weighted by Crippen LogP contribution is 1.94. The Bertz CT molecular complexity index is 142. The van der Waals surface area contributed by atoms with Gasteiger partial charge in [-0.25, -0.2) is 0 Å². The molecular weight excluding hydrogens is 107 g/mol. The summed E-state index contributed by atoms with van der Waals surface area (Å²) in [7, 11) is 2.46. The third-order valence-electron chi connectivity index (χ3n) is 0.742. The molecule has 1 aromatic rings. The van der Waals surface area contributed by atoms with E-state index in [1.54, 1.807) is 4.45 Å². The quantitative estimate of drug-likeness (QED) is 0.457. The van der Waals surface area contributed by atoms with E-state index in [9.17, 15) is 0 Å². The number of aryl methyl sites for hydroxylation is 1. The summed E-state index contributed by atoms with van der Waals surface area (Å²) in [6.45, 7) is 1.96. The summed E-state index contributed by atoms with van der Waals surface area (Å²) in [6.07, 6.45) is 1.89. The first-order valence-corrected chi connectivity index (χ1v) is 2.58. The Hall–Kier alpha value is -0.360. The minimum Gasteiger partial charge on any atom is -0.258 e. The standard InChI is InChI=1S/C4H7N2P/c1-4-2-3-6(7)5-4/h2-3H,7H2,1H3. The van der Waals surface area contributed by atoms with E-state index in [0.717, 1.165) is 5.69 Å². The minimum absolute atomic E-state index is 1.05. The first kappa shape index (κ1) is 4.79. The summed E-state index contributed by atoms with van der Waals surface area (Å²) in [5.74, 6) is 0. The van der Waals surface area contributed by atoms with Gasteiger partial charge >= 0.3 is 0 Å². The molecule has 0 fully saturated rings. The summed E-state index contributed by atoms with van der Waals surface area (Å²) >= 11 is 0. The average molecular weight is 114 g/mol. The van der Waals surface area contributed by atoms with E-state index in [1.165, 1.54) is 0 Å². The highest BCUT2D eigenvalue weighted by molar-refractivity contribution is 7.14. The highest BCUT2D eigenvalue weighted by atomic mass is 31.0. The Balaban J connectivity index is 3.04. The number of hydrogen-bond acceptors (Lipinski definition) is 1. The maximum atomic E-state index is 3.99. The first-order chi connectivity index (χ1) is 3.29. The van der Waals surface area contributed by atoms with Gasteiger partial charge in [-0.1, -0.05) is 0 Å². The zero-order valence-electron chi connectivity index (χ0n) is 4.13. The van der Waals surface area contributed by atoms with Crippen LogP contribution in [0.3, 0.4) is 0 Å². The second-order valence-electron chi connectivity index (χ2n) is 1.44. The maximum Gasteiger partial charge on any atom is 0.0596 e. The van der Waals surface area contributed by atoms with Crippen LogP contribution in [0.2, 0.25) is 0 Å². The van der Waals surface area contributed by atoms with Gasteiger partial charge < -0.3 is 0 Å². The van der Waals surface area contributed by atoms with Gasteiger partial charge in [-0.15, -0.1) is 0 Å². The van der Waals surface area contributed by atoms with E-state index >= 15 is 0 Å². The molecule has 0 N–H and O–H groups in total. The van der Waals surface area contributed by atoms with Gasteiger partial charge in [0.2, 0.25) is 0 Å². The second kappa shape index (κ2) is 1.63. The van der Waals surface area contributed by atoms with Crippen molar-refractivity contribution in [1.82, 2.24) is 9.55 Å². The van der Waals surface area contributed by atoms with Crippen LogP contribution in [0.25, 0.3) is 0 Å². The minimum atomic E-state index is 1.05. The molecule has 1 heterocycles. The Morgan fingerprint density at radius 2 is 2.57 bits per heavy atom. The molecule has 1 unspecified atom stereocenters. The molecule has 3 heteroatoms. The van der Waals surface area contributed by atoms with Crippen molar-refractivity contribution in [3.05, 3.63) is 18.0 Å². The molecular formula is C4H7N2P. The molecule has 1 aromatic heterocycles. The predicted octanol–water partition coefficient (Wildman–Crippen LogP) is 0.830. The lowest BCUT2D eigenvalue weighted by molar-refractivity contribution is 0.980. The largest absolute Gasteiger partial charge is 0.258 e. The summed E-state index contributed by atoms with van der Waals surface area (Å²) < 4.78 is 1.70. The molecule has 0 aliphatic heterocycles. The van der Waals surface area contributed by atoms with Crippen molar-refractivity contribution < 1.29 is 0 Å². The van der Waals surface area contributed by atoms with E-state index in [4.69, 9.17) is 0 Å². The van der Waals surface area contributed by atoms with Crippen LogP contribution >= 0.6 is 9.39 Å². The Labute approximate surface area is 44.8 Å². The molecule has 0 saturated carbocycles. The summed E-state index contributed by atoms with van der Waals surface area (Å²) in [4.78, 5) is 0. The lowest BCUT2D eigenvalue weighted by Gasteiger charge is -1.79. The van der Waals surface area contributed by atoms with Crippen LogP contribution in [0.1, 0.15) is 5.69 Å². The van der Waals surface area contributed by atoms with Crippen LogP contribution in [0.4, 0.5) is 0 Å². The van der Waals surface area contributed by atoms with Gasteiger partial charge in [0.15, 0.2) is 0 Å². The smallest absolute Gasteiger partial charge is 0.0596 e. The van der Waals surface area contributed by atoms with E-state index in [2.05, 4.69) is 14.5 Å². The summed E-state index contributed by atoms with van der Waals surface area (Å²) in [5, 5.41) is 3.99. The van der Waals surface area contributed by atoms with Crippen molar-refractivity contribution in [1.29, 1.82) is 0 Å². The number of hydrogen-bond donors (Lipinski definition) is 0. The lowest BCUT2D eigenvalue weighted by Crippen LogP contribution is -1.76. The van der Waals surface area contributed by atoms with Crippen LogP contribution in [0.5, 0.6) is 0 Å². The Morgan fingerprint density at radius 1 is 1.86 bits per heavy atom. The van der Waals surface area contributed by atoms with Crippen LogP contribution < -0.4 is 0 Å². The second-order valence-corrected chi connectivity index (χ2v) is 1.97. The molecule has 0 aromatic carbocycles. The van der Waals surface area contributed by atoms with Gasteiger partial charge in [0.25, 0.3) is 0 Å². The topological polar surface area (TPSA) is 17.8 Å². The van der Waals surface area contributed by atoms with Crippen molar-refractivity contribution in [3.63, 3.8) is 0 Å². The van der Waals surface area contributed by atoms with E-state index in [-0.39, 0.29) is 0 Å². The third kappa shape index (κ3) is 1.00. The number of nitrogens with zero attached hydrogens (tertiary/aromatic N) is 2. The molecule has 0 spiro atoms. The van der Waals surface area contributed by atoms with E-state index in [1.807, 2.05) is 19.2 Å². The SMILES string of the molecule is Cc1ccn(P)n1. The summed E-state index contributed by atoms with van der Waals surface area (Å²) in [6, 6.07) is 1.95. The molecule has 0 bridgehead atoms. The van der Waals surface area contributed by atoms with Gasteiger partial charge in [-0.3, -0.25) is 4.45 Å². The molecule has 0 aliphatic rings. The molecule has 0 aliphatic carbocycles. The fourth-order valence-corrected chi connectivity index (χ4v) is 0.701. The van der Waals surface area contributed by atoms with Crippen LogP contribution in [-0.4, -0.2) is 9.55 Å². The monoisotopic (exact) mass is 114 g/mol. The van der Waals surface area contributed by atoms with Gasteiger partial charge in [-0.05, 0) is 22.4 Å². The predicted molar refractivity (Wildman–Crippen MR) is 32.1 cm³/mol. The molecule has 0 radical (unpaired) electrons. The lowest BCUT2D eigenvalue weighted by atomic mass is 10.5.